The summed E-state index contributed by atoms with van der Waals surface area (Å²) in [4.78, 5) is 0. The van der Waals surface area contributed by atoms with Crippen LogP contribution in [0.4, 0.5) is 8.78 Å². The summed E-state index contributed by atoms with van der Waals surface area (Å²) < 4.78 is 32.9. The van der Waals surface area contributed by atoms with Gasteiger partial charge in [-0.25, -0.2) is 8.78 Å². The lowest BCUT2D eigenvalue weighted by atomic mass is 9.99. The van der Waals surface area contributed by atoms with Crippen molar-refractivity contribution in [3.63, 3.8) is 0 Å². The van der Waals surface area contributed by atoms with Crippen LogP contribution in [0.15, 0.2) is 24.3 Å². The fraction of sp³-hybridized carbons (Fsp3) is 0.500. The minimum atomic E-state index is -2.92. The highest BCUT2D eigenvalue weighted by Crippen LogP contribution is 2.47. The maximum Gasteiger partial charge on any atom is 0.278 e. The summed E-state index contributed by atoms with van der Waals surface area (Å²) >= 11 is 0. The van der Waals surface area contributed by atoms with Crippen molar-refractivity contribution in [1.82, 2.24) is 0 Å². The summed E-state index contributed by atoms with van der Waals surface area (Å²) in [5.41, 5.74) is 4.99. The Morgan fingerprint density at radius 3 is 2.56 bits per heavy atom. The molecule has 16 heavy (non-hydrogen) atoms. The van der Waals surface area contributed by atoms with Crippen molar-refractivity contribution in [2.24, 2.45) is 5.73 Å². The first kappa shape index (κ1) is 11.3. The third kappa shape index (κ3) is 2.16. The van der Waals surface area contributed by atoms with Crippen LogP contribution in [0.25, 0.3) is 0 Å². The zero-order valence-corrected chi connectivity index (χ0v) is 9.17. The molecule has 1 aliphatic carbocycles. The van der Waals surface area contributed by atoms with E-state index in [4.69, 9.17) is 10.5 Å². The number of methoxy groups -OCH3 is 1. The van der Waals surface area contributed by atoms with Crippen LogP contribution in [0.3, 0.4) is 0 Å². The number of hydrogen-bond acceptors (Lipinski definition) is 2. The summed E-state index contributed by atoms with van der Waals surface area (Å²) in [6.45, 7) is 0. The van der Waals surface area contributed by atoms with Crippen LogP contribution >= 0.6 is 0 Å². The molecule has 0 aromatic heterocycles. The number of rotatable bonds is 4. The number of alkyl halides is 2. The Kier molecular flexibility index (Phi) is 2.62. The van der Waals surface area contributed by atoms with Crippen LogP contribution in [0.2, 0.25) is 0 Å². The van der Waals surface area contributed by atoms with E-state index in [1.165, 1.54) is 13.2 Å². The lowest BCUT2D eigenvalue weighted by Gasteiger charge is -2.22. The molecule has 1 saturated carbocycles. The number of hydrogen-bond donors (Lipinski definition) is 1. The molecule has 1 aromatic rings. The van der Waals surface area contributed by atoms with Crippen LogP contribution in [0.5, 0.6) is 5.75 Å². The summed E-state index contributed by atoms with van der Waals surface area (Å²) in [7, 11) is 1.39. The number of halogens is 2. The van der Waals surface area contributed by atoms with Gasteiger partial charge in [0.15, 0.2) is 0 Å². The summed E-state index contributed by atoms with van der Waals surface area (Å²) in [5.74, 6) is -2.70. The van der Waals surface area contributed by atoms with Gasteiger partial charge in [-0.2, -0.15) is 0 Å². The van der Waals surface area contributed by atoms with E-state index in [1.54, 1.807) is 18.2 Å². The maximum absolute atomic E-state index is 14.0. The third-order valence-electron chi connectivity index (χ3n) is 2.97. The Bertz CT molecular complexity index is 388. The Hall–Kier alpha value is -1.16. The Labute approximate surface area is 93.4 Å². The lowest BCUT2D eigenvalue weighted by Crippen LogP contribution is -2.30. The first-order valence-electron chi connectivity index (χ1n) is 5.27. The van der Waals surface area contributed by atoms with E-state index in [9.17, 15) is 8.78 Å². The predicted molar refractivity (Wildman–Crippen MR) is 57.7 cm³/mol. The van der Waals surface area contributed by atoms with E-state index in [2.05, 4.69) is 0 Å². The second-order valence-corrected chi connectivity index (χ2v) is 4.44. The average molecular weight is 227 g/mol. The number of benzene rings is 1. The van der Waals surface area contributed by atoms with E-state index in [-0.39, 0.29) is 17.7 Å². The van der Waals surface area contributed by atoms with E-state index < -0.39 is 11.5 Å². The molecule has 0 spiro atoms. The van der Waals surface area contributed by atoms with Gasteiger partial charge in [-0.1, -0.05) is 12.1 Å². The van der Waals surface area contributed by atoms with Gasteiger partial charge in [0.1, 0.15) is 5.75 Å². The van der Waals surface area contributed by atoms with Gasteiger partial charge in [0.25, 0.3) is 5.92 Å². The second-order valence-electron chi connectivity index (χ2n) is 4.44. The van der Waals surface area contributed by atoms with Gasteiger partial charge in [0.2, 0.25) is 0 Å². The summed E-state index contributed by atoms with van der Waals surface area (Å²) in [6.07, 6.45) is 1.05. The summed E-state index contributed by atoms with van der Waals surface area (Å²) in [5, 5.41) is 0. The van der Waals surface area contributed by atoms with Crippen LogP contribution in [0, 0.1) is 0 Å². The monoisotopic (exact) mass is 227 g/mol. The molecule has 0 radical (unpaired) electrons. The topological polar surface area (TPSA) is 35.2 Å². The molecule has 0 amide bonds. The standard InChI is InChI=1S/C12H15F2NO/c1-16-10-5-3-2-4-9(10)12(13,14)8-11(15)6-7-11/h2-5H,6-8,15H2,1H3. The van der Waals surface area contributed by atoms with Gasteiger partial charge in [0.05, 0.1) is 12.7 Å². The zero-order chi connectivity index (χ0) is 11.8. The number of ether oxygens (including phenoxy) is 1. The molecule has 88 valence electrons. The quantitative estimate of drug-likeness (QED) is 0.858. The zero-order valence-electron chi connectivity index (χ0n) is 9.17. The summed E-state index contributed by atoms with van der Waals surface area (Å²) in [6, 6.07) is 6.19. The van der Waals surface area contributed by atoms with E-state index in [0.717, 1.165) is 0 Å². The first-order chi connectivity index (χ1) is 7.47. The second kappa shape index (κ2) is 3.70. The molecule has 2 rings (SSSR count). The van der Waals surface area contributed by atoms with Gasteiger partial charge >= 0.3 is 0 Å². The molecule has 0 unspecified atom stereocenters. The highest BCUT2D eigenvalue weighted by molar-refractivity contribution is 5.37. The molecule has 0 aliphatic heterocycles. The molecule has 1 aliphatic rings. The third-order valence-corrected chi connectivity index (χ3v) is 2.97. The van der Waals surface area contributed by atoms with Crippen molar-refractivity contribution in [2.45, 2.75) is 30.7 Å². The average Bonchev–Trinajstić information content (AvgIpc) is 2.95. The maximum atomic E-state index is 14.0. The SMILES string of the molecule is COc1ccccc1C(F)(F)CC1(N)CC1. The normalized spacial score (nSPS) is 18.2. The molecular weight excluding hydrogens is 212 g/mol. The Morgan fingerprint density at radius 2 is 2.00 bits per heavy atom. The van der Waals surface area contributed by atoms with Crippen LogP contribution in [0.1, 0.15) is 24.8 Å². The minimum absolute atomic E-state index is 0.0748. The molecule has 1 aromatic carbocycles. The van der Waals surface area contributed by atoms with Crippen molar-refractivity contribution >= 4 is 0 Å². The van der Waals surface area contributed by atoms with Crippen molar-refractivity contribution in [1.29, 1.82) is 0 Å². The van der Waals surface area contributed by atoms with Gasteiger partial charge in [-0.15, -0.1) is 0 Å². The fourth-order valence-electron chi connectivity index (χ4n) is 1.82. The highest BCUT2D eigenvalue weighted by Gasteiger charge is 2.48. The first-order valence-corrected chi connectivity index (χ1v) is 5.27. The smallest absolute Gasteiger partial charge is 0.278 e. The van der Waals surface area contributed by atoms with E-state index in [1.807, 2.05) is 0 Å². The predicted octanol–water partition coefficient (Wildman–Crippen LogP) is 2.67. The van der Waals surface area contributed by atoms with Crippen molar-refractivity contribution in [3.8, 4) is 5.75 Å². The fourth-order valence-corrected chi connectivity index (χ4v) is 1.82. The van der Waals surface area contributed by atoms with E-state index in [0.29, 0.717) is 12.8 Å². The van der Waals surface area contributed by atoms with Crippen molar-refractivity contribution < 1.29 is 13.5 Å². The highest BCUT2D eigenvalue weighted by atomic mass is 19.3. The Balaban J connectivity index is 2.26. The lowest BCUT2D eigenvalue weighted by molar-refractivity contribution is -0.0242. The molecule has 0 saturated heterocycles. The van der Waals surface area contributed by atoms with Crippen molar-refractivity contribution in [3.05, 3.63) is 29.8 Å². The number of para-hydroxylation sites is 1. The molecule has 1 fully saturated rings. The van der Waals surface area contributed by atoms with Gasteiger partial charge < -0.3 is 10.5 Å². The molecule has 2 N–H and O–H groups in total. The van der Waals surface area contributed by atoms with Crippen molar-refractivity contribution in [2.75, 3.05) is 7.11 Å². The molecule has 2 nitrogen and oxygen atoms in total. The molecular formula is C12H15F2NO. The van der Waals surface area contributed by atoms with Crippen LogP contribution in [-0.4, -0.2) is 12.6 Å². The molecule has 0 bridgehead atoms. The van der Waals surface area contributed by atoms with E-state index >= 15 is 0 Å². The van der Waals surface area contributed by atoms with Gasteiger partial charge in [-0.05, 0) is 25.0 Å². The van der Waals surface area contributed by atoms with Gasteiger partial charge in [-0.3, -0.25) is 0 Å². The largest absolute Gasteiger partial charge is 0.496 e. The minimum Gasteiger partial charge on any atom is -0.496 e. The molecule has 0 atom stereocenters. The van der Waals surface area contributed by atoms with Crippen LogP contribution in [-0.2, 0) is 5.92 Å². The Morgan fingerprint density at radius 1 is 1.38 bits per heavy atom. The van der Waals surface area contributed by atoms with Crippen LogP contribution < -0.4 is 10.5 Å². The molecule has 4 heteroatoms. The van der Waals surface area contributed by atoms with Gasteiger partial charge in [0, 0.05) is 12.0 Å². The molecule has 0 heterocycles. The number of nitrogens with two attached hydrogens (primary N) is 1.